The number of nitrogens with one attached hydrogen (secondary N) is 1. The summed E-state index contributed by atoms with van der Waals surface area (Å²) in [6.45, 7) is 4.10. The third kappa shape index (κ3) is 3.03. The van der Waals surface area contributed by atoms with Crippen LogP contribution in [0.5, 0.6) is 0 Å². The highest BCUT2D eigenvalue weighted by molar-refractivity contribution is 7.94. The van der Waals surface area contributed by atoms with Gasteiger partial charge < -0.3 is 5.32 Å². The molecule has 0 unspecified atom stereocenters. The molecule has 0 radical (unpaired) electrons. The number of nitrogens with zero attached hydrogens (tertiary/aromatic N) is 2. The Hall–Kier alpha value is -1.43. The van der Waals surface area contributed by atoms with Crippen LogP contribution in [0.4, 0.5) is 5.82 Å². The molecule has 0 aromatic carbocycles. The minimum absolute atomic E-state index is 0.0913. The maximum atomic E-state index is 11.2. The predicted octanol–water partition coefficient (Wildman–Crippen LogP) is 1.32. The molecular weight excluding hydrogens is 238 g/mol. The van der Waals surface area contributed by atoms with E-state index in [0.29, 0.717) is 11.7 Å². The minimum Gasteiger partial charge on any atom is -0.363 e. The van der Waals surface area contributed by atoms with Gasteiger partial charge in [0.2, 0.25) is 0 Å². The smallest absolute Gasteiger partial charge is 0.173 e. The predicted molar refractivity (Wildman–Crippen MR) is 66.5 cm³/mol. The summed E-state index contributed by atoms with van der Waals surface area (Å²) in [5.41, 5.74) is 0.937. The number of hydrogen-bond acceptors (Lipinski definition) is 5. The molecule has 1 aliphatic rings. The summed E-state index contributed by atoms with van der Waals surface area (Å²) < 4.78 is 22.5. The van der Waals surface area contributed by atoms with Crippen molar-refractivity contribution in [1.82, 2.24) is 9.97 Å². The van der Waals surface area contributed by atoms with E-state index in [2.05, 4.69) is 15.3 Å². The van der Waals surface area contributed by atoms with Crippen LogP contribution in [0, 0.1) is 0 Å². The lowest BCUT2D eigenvalue weighted by Crippen LogP contribution is -2.21. The van der Waals surface area contributed by atoms with Crippen molar-refractivity contribution in [2.45, 2.75) is 25.8 Å². The fourth-order valence-corrected chi connectivity index (χ4v) is 2.86. The molecule has 1 aromatic heterocycles. The zero-order valence-corrected chi connectivity index (χ0v) is 10.6. The van der Waals surface area contributed by atoms with E-state index in [1.807, 2.05) is 19.9 Å². The lowest BCUT2D eigenvalue weighted by Gasteiger charge is -2.12. The fourth-order valence-electron chi connectivity index (χ4n) is 1.62. The Balaban J connectivity index is 2.10. The van der Waals surface area contributed by atoms with Crippen molar-refractivity contribution >= 4 is 15.7 Å². The van der Waals surface area contributed by atoms with E-state index in [1.54, 1.807) is 6.08 Å². The highest BCUT2D eigenvalue weighted by Gasteiger charge is 2.21. The second-order valence-electron chi connectivity index (χ2n) is 4.39. The highest BCUT2D eigenvalue weighted by atomic mass is 32.2. The average Bonchev–Trinajstić information content (AvgIpc) is 2.58. The first-order chi connectivity index (χ1) is 7.96. The van der Waals surface area contributed by atoms with Gasteiger partial charge in [0.25, 0.3) is 0 Å². The van der Waals surface area contributed by atoms with Crippen molar-refractivity contribution in [3.8, 4) is 0 Å². The SMILES string of the molecule is CC(C)c1cc(N[C@H]2C=CS(=O)(=O)C2)ncn1. The van der Waals surface area contributed by atoms with Crippen LogP contribution < -0.4 is 5.32 Å². The zero-order chi connectivity index (χ0) is 12.5. The van der Waals surface area contributed by atoms with E-state index >= 15 is 0 Å². The summed E-state index contributed by atoms with van der Waals surface area (Å²) in [5.74, 6) is 1.07. The standard InChI is InChI=1S/C11H15N3O2S/c1-8(2)10-5-11(13-7-12-10)14-9-3-4-17(15,16)6-9/h3-5,7-9H,6H2,1-2H3,(H,12,13,14)/t9-/m0/s1. The lowest BCUT2D eigenvalue weighted by atomic mass is 10.1. The normalized spacial score (nSPS) is 21.9. The number of sulfone groups is 1. The van der Waals surface area contributed by atoms with Crippen LogP contribution in [0.25, 0.3) is 0 Å². The van der Waals surface area contributed by atoms with Crippen LogP contribution in [0.1, 0.15) is 25.5 Å². The number of anilines is 1. The summed E-state index contributed by atoms with van der Waals surface area (Å²) in [7, 11) is -3.03. The van der Waals surface area contributed by atoms with Gasteiger partial charge in [0, 0.05) is 17.2 Å². The molecule has 5 nitrogen and oxygen atoms in total. The Morgan fingerprint density at radius 2 is 2.18 bits per heavy atom. The molecule has 17 heavy (non-hydrogen) atoms. The van der Waals surface area contributed by atoms with Crippen LogP contribution in [0.15, 0.2) is 23.9 Å². The molecule has 2 heterocycles. The van der Waals surface area contributed by atoms with Gasteiger partial charge in [-0.15, -0.1) is 0 Å². The topological polar surface area (TPSA) is 72.0 Å². The van der Waals surface area contributed by atoms with Gasteiger partial charge in [0.15, 0.2) is 9.84 Å². The molecule has 0 aliphatic carbocycles. The lowest BCUT2D eigenvalue weighted by molar-refractivity contribution is 0.605. The van der Waals surface area contributed by atoms with Gasteiger partial charge in [0.05, 0.1) is 11.8 Å². The van der Waals surface area contributed by atoms with Crippen molar-refractivity contribution in [2.75, 3.05) is 11.1 Å². The molecule has 0 saturated heterocycles. The molecule has 0 saturated carbocycles. The maximum Gasteiger partial charge on any atom is 0.173 e. The summed E-state index contributed by atoms with van der Waals surface area (Å²) in [6, 6.07) is 1.65. The minimum atomic E-state index is -3.03. The molecule has 2 rings (SSSR count). The Bertz CT molecular complexity index is 537. The van der Waals surface area contributed by atoms with Crippen molar-refractivity contribution in [2.24, 2.45) is 0 Å². The van der Waals surface area contributed by atoms with Crippen LogP contribution in [0.2, 0.25) is 0 Å². The van der Waals surface area contributed by atoms with E-state index in [1.165, 1.54) is 11.7 Å². The monoisotopic (exact) mass is 253 g/mol. The molecule has 1 N–H and O–H groups in total. The molecule has 1 aliphatic heterocycles. The first-order valence-corrected chi connectivity index (χ1v) is 7.17. The van der Waals surface area contributed by atoms with Crippen molar-refractivity contribution in [3.05, 3.63) is 29.6 Å². The van der Waals surface area contributed by atoms with Gasteiger partial charge in [-0.1, -0.05) is 13.8 Å². The highest BCUT2D eigenvalue weighted by Crippen LogP contribution is 2.16. The van der Waals surface area contributed by atoms with Gasteiger partial charge >= 0.3 is 0 Å². The Morgan fingerprint density at radius 3 is 2.76 bits per heavy atom. The second-order valence-corrected chi connectivity index (χ2v) is 6.32. The summed E-state index contributed by atoms with van der Waals surface area (Å²) >= 11 is 0. The van der Waals surface area contributed by atoms with Crippen LogP contribution in [-0.2, 0) is 9.84 Å². The molecule has 0 fully saturated rings. The van der Waals surface area contributed by atoms with E-state index < -0.39 is 9.84 Å². The quantitative estimate of drug-likeness (QED) is 0.879. The van der Waals surface area contributed by atoms with Crippen LogP contribution in [0.3, 0.4) is 0 Å². The molecule has 0 spiro atoms. The average molecular weight is 253 g/mol. The largest absolute Gasteiger partial charge is 0.363 e. The Morgan fingerprint density at radius 1 is 1.41 bits per heavy atom. The maximum absolute atomic E-state index is 11.2. The van der Waals surface area contributed by atoms with Gasteiger partial charge in [-0.25, -0.2) is 18.4 Å². The first kappa shape index (κ1) is 12.0. The van der Waals surface area contributed by atoms with Gasteiger partial charge in [-0.2, -0.15) is 0 Å². The number of aromatic nitrogens is 2. The second kappa shape index (κ2) is 4.44. The van der Waals surface area contributed by atoms with Crippen molar-refractivity contribution < 1.29 is 8.42 Å². The third-order valence-corrected chi connectivity index (χ3v) is 3.94. The molecule has 1 aromatic rings. The molecule has 0 amide bonds. The molecule has 0 bridgehead atoms. The Kier molecular flexibility index (Phi) is 3.15. The molecule has 92 valence electrons. The Labute approximate surface area is 101 Å². The van der Waals surface area contributed by atoms with E-state index in [-0.39, 0.29) is 11.8 Å². The van der Waals surface area contributed by atoms with Crippen LogP contribution in [-0.4, -0.2) is 30.2 Å². The van der Waals surface area contributed by atoms with Crippen LogP contribution >= 0.6 is 0 Å². The van der Waals surface area contributed by atoms with E-state index in [4.69, 9.17) is 0 Å². The van der Waals surface area contributed by atoms with Gasteiger partial charge in [-0.3, -0.25) is 0 Å². The third-order valence-electron chi connectivity index (χ3n) is 2.54. The summed E-state index contributed by atoms with van der Waals surface area (Å²) in [4.78, 5) is 8.24. The first-order valence-electron chi connectivity index (χ1n) is 5.46. The summed E-state index contributed by atoms with van der Waals surface area (Å²) in [5, 5.41) is 4.32. The number of hydrogen-bond donors (Lipinski definition) is 1. The fraction of sp³-hybridized carbons (Fsp3) is 0.455. The summed E-state index contributed by atoms with van der Waals surface area (Å²) in [6.07, 6.45) is 3.14. The van der Waals surface area contributed by atoms with Gasteiger partial charge in [0.1, 0.15) is 12.1 Å². The van der Waals surface area contributed by atoms with E-state index in [9.17, 15) is 8.42 Å². The van der Waals surface area contributed by atoms with Crippen molar-refractivity contribution in [3.63, 3.8) is 0 Å². The molecular formula is C11H15N3O2S. The molecule has 6 heteroatoms. The zero-order valence-electron chi connectivity index (χ0n) is 9.79. The molecule has 1 atom stereocenters. The number of rotatable bonds is 3. The van der Waals surface area contributed by atoms with E-state index in [0.717, 1.165) is 5.69 Å². The van der Waals surface area contributed by atoms with Gasteiger partial charge in [-0.05, 0) is 12.0 Å². The van der Waals surface area contributed by atoms with Crippen molar-refractivity contribution in [1.29, 1.82) is 0 Å².